The molecule has 0 aromatic heterocycles. The molecule has 0 fully saturated rings. The fourth-order valence-electron chi connectivity index (χ4n) is 2.66. The van der Waals surface area contributed by atoms with E-state index in [1.807, 2.05) is 30.3 Å². The molecule has 124 valence electrons. The molecule has 3 rings (SSSR count). The fraction of sp³-hybridized carbons (Fsp3) is 0.150. The minimum atomic E-state index is -0.508. The van der Waals surface area contributed by atoms with Gasteiger partial charge in [-0.15, -0.1) is 0 Å². The summed E-state index contributed by atoms with van der Waals surface area (Å²) in [5.74, 6) is -0.0497. The second kappa shape index (κ2) is 7.45. The third kappa shape index (κ3) is 3.93. The first kappa shape index (κ1) is 16.5. The summed E-state index contributed by atoms with van der Waals surface area (Å²) < 4.78 is 5.38. The molecular formula is C20H16N2O3. The van der Waals surface area contributed by atoms with Crippen LogP contribution in [-0.4, -0.2) is 16.8 Å². The van der Waals surface area contributed by atoms with Crippen molar-refractivity contribution in [3.8, 4) is 0 Å². The standard InChI is InChI=1S/C20H16N2O3/c1-21-17-9-7-16(8-10-17)19-13-18(23)11-12-22(19)20(24)25-14-15-5-3-2-4-6-15/h2-12,19H,13-14H2. The van der Waals surface area contributed by atoms with Crippen molar-refractivity contribution in [1.82, 2.24) is 4.90 Å². The van der Waals surface area contributed by atoms with Crippen molar-refractivity contribution in [2.24, 2.45) is 0 Å². The van der Waals surface area contributed by atoms with Crippen molar-refractivity contribution < 1.29 is 14.3 Å². The molecule has 1 aliphatic rings. The summed E-state index contributed by atoms with van der Waals surface area (Å²) in [6, 6.07) is 15.9. The molecule has 0 saturated heterocycles. The molecule has 2 aromatic carbocycles. The Hall–Kier alpha value is -3.39. The Morgan fingerprint density at radius 2 is 1.88 bits per heavy atom. The number of carbonyl (C=O) groups is 2. The zero-order valence-corrected chi connectivity index (χ0v) is 13.5. The monoisotopic (exact) mass is 332 g/mol. The second-order valence-electron chi connectivity index (χ2n) is 5.65. The van der Waals surface area contributed by atoms with Crippen LogP contribution in [0.2, 0.25) is 0 Å². The van der Waals surface area contributed by atoms with Crippen LogP contribution in [0.5, 0.6) is 0 Å². The lowest BCUT2D eigenvalue weighted by molar-refractivity contribution is -0.116. The Morgan fingerprint density at radius 1 is 1.16 bits per heavy atom. The van der Waals surface area contributed by atoms with Crippen molar-refractivity contribution in [2.45, 2.75) is 19.1 Å². The Balaban J connectivity index is 1.76. The largest absolute Gasteiger partial charge is 0.444 e. The van der Waals surface area contributed by atoms with Gasteiger partial charge in [0.2, 0.25) is 0 Å². The molecule has 1 aliphatic heterocycles. The Labute approximate surface area is 146 Å². The maximum absolute atomic E-state index is 12.5. The predicted molar refractivity (Wildman–Crippen MR) is 92.7 cm³/mol. The van der Waals surface area contributed by atoms with Crippen LogP contribution in [0, 0.1) is 6.57 Å². The second-order valence-corrected chi connectivity index (χ2v) is 5.65. The number of amides is 1. The van der Waals surface area contributed by atoms with Gasteiger partial charge in [0.15, 0.2) is 11.5 Å². The van der Waals surface area contributed by atoms with Crippen LogP contribution in [0.25, 0.3) is 4.85 Å². The number of allylic oxidation sites excluding steroid dienone is 1. The highest BCUT2D eigenvalue weighted by atomic mass is 16.6. The molecule has 1 amide bonds. The number of ketones is 1. The molecule has 1 atom stereocenters. The van der Waals surface area contributed by atoms with E-state index < -0.39 is 12.1 Å². The normalized spacial score (nSPS) is 16.4. The molecular weight excluding hydrogens is 316 g/mol. The van der Waals surface area contributed by atoms with E-state index in [0.717, 1.165) is 11.1 Å². The fourth-order valence-corrected chi connectivity index (χ4v) is 2.66. The van der Waals surface area contributed by atoms with Crippen molar-refractivity contribution in [3.05, 3.63) is 89.4 Å². The van der Waals surface area contributed by atoms with E-state index in [2.05, 4.69) is 4.85 Å². The third-order valence-corrected chi connectivity index (χ3v) is 3.97. The van der Waals surface area contributed by atoms with Crippen LogP contribution < -0.4 is 0 Å². The molecule has 2 aromatic rings. The zero-order valence-electron chi connectivity index (χ0n) is 13.5. The van der Waals surface area contributed by atoms with E-state index >= 15 is 0 Å². The molecule has 0 aliphatic carbocycles. The topological polar surface area (TPSA) is 51.0 Å². The summed E-state index contributed by atoms with van der Waals surface area (Å²) in [5.41, 5.74) is 2.20. The van der Waals surface area contributed by atoms with Gasteiger partial charge in [0.1, 0.15) is 6.61 Å². The van der Waals surface area contributed by atoms with Crippen LogP contribution in [0.3, 0.4) is 0 Å². The van der Waals surface area contributed by atoms with Crippen molar-refractivity contribution in [3.63, 3.8) is 0 Å². The summed E-state index contributed by atoms with van der Waals surface area (Å²) in [4.78, 5) is 29.1. The Kier molecular flexibility index (Phi) is 4.91. The summed E-state index contributed by atoms with van der Waals surface area (Å²) in [5, 5.41) is 0. The van der Waals surface area contributed by atoms with E-state index in [0.29, 0.717) is 5.69 Å². The molecule has 0 N–H and O–H groups in total. The molecule has 5 nitrogen and oxygen atoms in total. The first-order chi connectivity index (χ1) is 12.2. The van der Waals surface area contributed by atoms with E-state index in [1.54, 1.807) is 24.3 Å². The van der Waals surface area contributed by atoms with Gasteiger partial charge in [0.05, 0.1) is 12.6 Å². The van der Waals surface area contributed by atoms with Gasteiger partial charge in [-0.05, 0) is 17.2 Å². The van der Waals surface area contributed by atoms with Crippen LogP contribution >= 0.6 is 0 Å². The Bertz CT molecular complexity index is 835. The number of nitrogens with zero attached hydrogens (tertiary/aromatic N) is 2. The van der Waals surface area contributed by atoms with Gasteiger partial charge >= 0.3 is 6.09 Å². The third-order valence-electron chi connectivity index (χ3n) is 3.97. The van der Waals surface area contributed by atoms with Gasteiger partial charge < -0.3 is 4.74 Å². The van der Waals surface area contributed by atoms with Crippen LogP contribution in [0.4, 0.5) is 10.5 Å². The molecule has 25 heavy (non-hydrogen) atoms. The summed E-state index contributed by atoms with van der Waals surface area (Å²) in [6.45, 7) is 7.18. The molecule has 0 radical (unpaired) electrons. The minimum absolute atomic E-state index is 0.0497. The highest BCUT2D eigenvalue weighted by molar-refractivity contribution is 5.92. The van der Waals surface area contributed by atoms with Gasteiger partial charge in [-0.1, -0.05) is 54.6 Å². The smallest absolute Gasteiger partial charge is 0.414 e. The van der Waals surface area contributed by atoms with Gasteiger partial charge in [-0.25, -0.2) is 9.64 Å². The average molecular weight is 332 g/mol. The lowest BCUT2D eigenvalue weighted by atomic mass is 9.97. The number of carbonyl (C=O) groups excluding carboxylic acids is 2. The van der Waals surface area contributed by atoms with Crippen LogP contribution in [-0.2, 0) is 16.1 Å². The minimum Gasteiger partial charge on any atom is -0.444 e. The molecule has 0 bridgehead atoms. The Morgan fingerprint density at radius 3 is 2.56 bits per heavy atom. The van der Waals surface area contributed by atoms with E-state index in [4.69, 9.17) is 11.3 Å². The average Bonchev–Trinajstić information content (AvgIpc) is 2.67. The molecule has 0 saturated carbocycles. The number of ether oxygens (including phenoxy) is 1. The number of hydrogen-bond donors (Lipinski definition) is 0. The lowest BCUT2D eigenvalue weighted by Crippen LogP contribution is -2.34. The van der Waals surface area contributed by atoms with Crippen molar-refractivity contribution in [2.75, 3.05) is 0 Å². The van der Waals surface area contributed by atoms with Gasteiger partial charge in [-0.3, -0.25) is 9.69 Å². The maximum atomic E-state index is 12.5. The molecule has 5 heteroatoms. The first-order valence-electron chi connectivity index (χ1n) is 7.85. The summed E-state index contributed by atoms with van der Waals surface area (Å²) in [6.07, 6.45) is 2.53. The quantitative estimate of drug-likeness (QED) is 0.783. The van der Waals surface area contributed by atoms with E-state index in [1.165, 1.54) is 17.2 Å². The van der Waals surface area contributed by atoms with Gasteiger partial charge in [0.25, 0.3) is 0 Å². The van der Waals surface area contributed by atoms with E-state index in [9.17, 15) is 9.59 Å². The zero-order chi connectivity index (χ0) is 17.6. The van der Waals surface area contributed by atoms with Crippen molar-refractivity contribution in [1.29, 1.82) is 0 Å². The van der Waals surface area contributed by atoms with Crippen LogP contribution in [0.15, 0.2) is 66.9 Å². The SMILES string of the molecule is [C-]#[N+]c1ccc(C2CC(=O)C=CN2C(=O)OCc2ccccc2)cc1. The maximum Gasteiger partial charge on any atom is 0.414 e. The van der Waals surface area contributed by atoms with E-state index in [-0.39, 0.29) is 18.8 Å². The lowest BCUT2D eigenvalue weighted by Gasteiger charge is -2.30. The first-order valence-corrected chi connectivity index (χ1v) is 7.85. The number of hydrogen-bond acceptors (Lipinski definition) is 3. The summed E-state index contributed by atoms with van der Waals surface area (Å²) in [7, 11) is 0. The molecule has 0 spiro atoms. The summed E-state index contributed by atoms with van der Waals surface area (Å²) >= 11 is 0. The van der Waals surface area contributed by atoms with Gasteiger partial charge in [-0.2, -0.15) is 0 Å². The molecule has 1 unspecified atom stereocenters. The van der Waals surface area contributed by atoms with Crippen LogP contribution in [0.1, 0.15) is 23.6 Å². The number of benzene rings is 2. The molecule has 1 heterocycles. The predicted octanol–water partition coefficient (Wildman–Crippen LogP) is 4.40. The highest BCUT2D eigenvalue weighted by Gasteiger charge is 2.29. The van der Waals surface area contributed by atoms with Crippen molar-refractivity contribution >= 4 is 17.6 Å². The van der Waals surface area contributed by atoms with Gasteiger partial charge in [0, 0.05) is 12.6 Å². The highest BCUT2D eigenvalue weighted by Crippen LogP contribution is 2.30. The number of rotatable bonds is 3.